The number of carbonyl (C=O) groups excluding carboxylic acids is 1. The van der Waals surface area contributed by atoms with Gasteiger partial charge in [0.15, 0.2) is 5.78 Å². The van der Waals surface area contributed by atoms with E-state index in [1.165, 1.54) is 0 Å². The number of hydrogen-bond acceptors (Lipinski definition) is 4. The van der Waals surface area contributed by atoms with E-state index < -0.39 is 0 Å². The first-order valence-corrected chi connectivity index (χ1v) is 8.29. The van der Waals surface area contributed by atoms with Gasteiger partial charge in [0, 0.05) is 11.8 Å². The van der Waals surface area contributed by atoms with Crippen LogP contribution in [0.3, 0.4) is 0 Å². The van der Waals surface area contributed by atoms with E-state index in [1.54, 1.807) is 0 Å². The van der Waals surface area contributed by atoms with Gasteiger partial charge in [-0.15, -0.1) is 0 Å². The predicted octanol–water partition coefficient (Wildman–Crippen LogP) is 3.45. The van der Waals surface area contributed by atoms with E-state index in [4.69, 9.17) is 4.99 Å². The van der Waals surface area contributed by atoms with Crippen LogP contribution in [0.4, 0.5) is 0 Å². The van der Waals surface area contributed by atoms with Gasteiger partial charge in [0.05, 0.1) is 11.6 Å². The van der Waals surface area contributed by atoms with Crippen LogP contribution in [-0.4, -0.2) is 28.6 Å². The average molecular weight is 307 g/mol. The number of fused-ring (bicyclic) bond motifs is 1. The molecule has 0 amide bonds. The summed E-state index contributed by atoms with van der Waals surface area (Å²) in [6, 6.07) is 1.87. The molecule has 3 aliphatic rings. The standard InChI is InChI=1S/C19H21N3O/c1-3-13-10-17-21-18(19(23)14-8-6-5-7-9-14)16(4-2)22(17)12-15(13)11-20/h6,8-10,12,16,18H,3-5,7H2,1-2H3. The van der Waals surface area contributed by atoms with E-state index in [0.29, 0.717) is 5.57 Å². The van der Waals surface area contributed by atoms with Crippen LogP contribution in [0.2, 0.25) is 0 Å². The van der Waals surface area contributed by atoms with Crippen LogP contribution in [0, 0.1) is 11.3 Å². The molecule has 0 aromatic rings. The van der Waals surface area contributed by atoms with Crippen molar-refractivity contribution in [2.75, 3.05) is 0 Å². The second-order valence-electron chi connectivity index (χ2n) is 6.00. The maximum Gasteiger partial charge on any atom is 0.189 e. The summed E-state index contributed by atoms with van der Waals surface area (Å²) in [6.07, 6.45) is 13.3. The highest BCUT2D eigenvalue weighted by Crippen LogP contribution is 2.31. The molecule has 4 nitrogen and oxygen atoms in total. The molecule has 3 rings (SSSR count). The number of Topliss-reactive ketones (excluding diaryl/α,β-unsaturated/α-hetero) is 1. The van der Waals surface area contributed by atoms with E-state index in [-0.39, 0.29) is 17.9 Å². The van der Waals surface area contributed by atoms with Crippen molar-refractivity contribution in [3.63, 3.8) is 0 Å². The van der Waals surface area contributed by atoms with Gasteiger partial charge in [0.1, 0.15) is 17.9 Å². The molecule has 0 saturated carbocycles. The largest absolute Gasteiger partial charge is 0.326 e. The minimum atomic E-state index is -0.382. The van der Waals surface area contributed by atoms with Crippen molar-refractivity contribution in [3.8, 4) is 6.07 Å². The molecule has 1 aliphatic carbocycles. The number of hydrogen-bond donors (Lipinski definition) is 0. The summed E-state index contributed by atoms with van der Waals surface area (Å²) >= 11 is 0. The first-order valence-electron chi connectivity index (χ1n) is 8.29. The molecule has 0 radical (unpaired) electrons. The predicted molar refractivity (Wildman–Crippen MR) is 90.7 cm³/mol. The molecule has 0 N–H and O–H groups in total. The lowest BCUT2D eigenvalue weighted by molar-refractivity contribution is -0.117. The van der Waals surface area contributed by atoms with Crippen molar-refractivity contribution in [2.24, 2.45) is 4.99 Å². The Morgan fingerprint density at radius 3 is 2.87 bits per heavy atom. The zero-order valence-corrected chi connectivity index (χ0v) is 13.6. The summed E-state index contributed by atoms with van der Waals surface area (Å²) in [5.74, 6) is 0.902. The number of carbonyl (C=O) groups is 1. The number of nitriles is 1. The van der Waals surface area contributed by atoms with Crippen molar-refractivity contribution in [1.82, 2.24) is 4.90 Å². The molecule has 0 fully saturated rings. The lowest BCUT2D eigenvalue weighted by Crippen LogP contribution is -2.40. The summed E-state index contributed by atoms with van der Waals surface area (Å²) in [6.45, 7) is 4.09. The number of aliphatic imine (C=N–C) groups is 1. The van der Waals surface area contributed by atoms with Crippen molar-refractivity contribution in [2.45, 2.75) is 51.6 Å². The third kappa shape index (κ3) is 2.68. The van der Waals surface area contributed by atoms with E-state index >= 15 is 0 Å². The fourth-order valence-electron chi connectivity index (χ4n) is 3.36. The summed E-state index contributed by atoms with van der Waals surface area (Å²) in [7, 11) is 0. The topological polar surface area (TPSA) is 56.5 Å². The second-order valence-corrected chi connectivity index (χ2v) is 6.00. The maximum atomic E-state index is 12.9. The smallest absolute Gasteiger partial charge is 0.189 e. The normalized spacial score (nSPS) is 25.9. The molecule has 0 aromatic heterocycles. The van der Waals surface area contributed by atoms with Crippen molar-refractivity contribution in [3.05, 3.63) is 47.2 Å². The van der Waals surface area contributed by atoms with Gasteiger partial charge in [-0.25, -0.2) is 0 Å². The van der Waals surface area contributed by atoms with Gasteiger partial charge >= 0.3 is 0 Å². The monoisotopic (exact) mass is 307 g/mol. The highest BCUT2D eigenvalue weighted by Gasteiger charge is 2.40. The van der Waals surface area contributed by atoms with Crippen LogP contribution in [0.1, 0.15) is 39.5 Å². The van der Waals surface area contributed by atoms with E-state index in [0.717, 1.165) is 42.7 Å². The van der Waals surface area contributed by atoms with Crippen molar-refractivity contribution >= 4 is 11.6 Å². The van der Waals surface area contributed by atoms with Gasteiger partial charge in [0.25, 0.3) is 0 Å². The number of allylic oxidation sites excluding steroid dienone is 5. The SMILES string of the molecule is CCC1=CC2=NC(C(=O)C3=CCCC=C3)C(CC)N2C=C1C#N. The Morgan fingerprint density at radius 1 is 1.43 bits per heavy atom. The number of ketones is 1. The van der Waals surface area contributed by atoms with Gasteiger partial charge < -0.3 is 4.90 Å². The molecule has 2 aliphatic heterocycles. The minimum absolute atomic E-state index is 0.00765. The second kappa shape index (κ2) is 6.37. The summed E-state index contributed by atoms with van der Waals surface area (Å²) in [5.41, 5.74) is 2.44. The van der Waals surface area contributed by atoms with Crippen LogP contribution in [0.5, 0.6) is 0 Å². The fourth-order valence-corrected chi connectivity index (χ4v) is 3.36. The Morgan fingerprint density at radius 2 is 2.26 bits per heavy atom. The molecule has 4 heteroatoms. The fraction of sp³-hybridized carbons (Fsp3) is 0.421. The highest BCUT2D eigenvalue weighted by atomic mass is 16.1. The molecule has 23 heavy (non-hydrogen) atoms. The maximum absolute atomic E-state index is 12.9. The van der Waals surface area contributed by atoms with E-state index in [2.05, 4.69) is 13.0 Å². The number of amidine groups is 1. The summed E-state index contributed by atoms with van der Waals surface area (Å²) in [5, 5.41) is 9.34. The van der Waals surface area contributed by atoms with Crippen LogP contribution < -0.4 is 0 Å². The zero-order valence-electron chi connectivity index (χ0n) is 13.6. The van der Waals surface area contributed by atoms with Gasteiger partial charge in [-0.3, -0.25) is 9.79 Å². The molecule has 0 aromatic carbocycles. The lowest BCUT2D eigenvalue weighted by Gasteiger charge is -2.28. The molecule has 118 valence electrons. The Hall–Kier alpha value is -2.41. The van der Waals surface area contributed by atoms with E-state index in [1.807, 2.05) is 42.3 Å². The van der Waals surface area contributed by atoms with Crippen LogP contribution in [0.25, 0.3) is 0 Å². The van der Waals surface area contributed by atoms with Crippen molar-refractivity contribution < 1.29 is 4.79 Å². The molecule has 2 unspecified atom stereocenters. The lowest BCUT2D eigenvalue weighted by atomic mass is 9.93. The molecule has 0 spiro atoms. The molecule has 2 heterocycles. The Labute approximate surface area is 137 Å². The first kappa shape index (κ1) is 15.5. The summed E-state index contributed by atoms with van der Waals surface area (Å²) < 4.78 is 0. The summed E-state index contributed by atoms with van der Waals surface area (Å²) in [4.78, 5) is 19.6. The number of rotatable bonds is 4. The number of nitrogens with zero attached hydrogens (tertiary/aromatic N) is 3. The molecule has 0 bridgehead atoms. The van der Waals surface area contributed by atoms with Gasteiger partial charge in [-0.1, -0.05) is 32.1 Å². The quantitative estimate of drug-likeness (QED) is 0.799. The zero-order chi connectivity index (χ0) is 16.4. The Balaban J connectivity index is 1.94. The van der Waals surface area contributed by atoms with Gasteiger partial charge in [-0.2, -0.15) is 5.26 Å². The third-order valence-electron chi connectivity index (χ3n) is 4.64. The van der Waals surface area contributed by atoms with Crippen LogP contribution in [0.15, 0.2) is 52.2 Å². The van der Waals surface area contributed by atoms with Crippen LogP contribution >= 0.6 is 0 Å². The van der Waals surface area contributed by atoms with Gasteiger partial charge in [-0.05, 0) is 37.3 Å². The van der Waals surface area contributed by atoms with Crippen molar-refractivity contribution in [1.29, 1.82) is 5.26 Å². The third-order valence-corrected chi connectivity index (χ3v) is 4.64. The molecular weight excluding hydrogens is 286 g/mol. The Kier molecular flexibility index (Phi) is 4.29. The minimum Gasteiger partial charge on any atom is -0.326 e. The average Bonchev–Trinajstić information content (AvgIpc) is 2.97. The highest BCUT2D eigenvalue weighted by molar-refractivity contribution is 6.08. The Bertz CT molecular complexity index is 715. The van der Waals surface area contributed by atoms with E-state index in [9.17, 15) is 10.1 Å². The van der Waals surface area contributed by atoms with Crippen LogP contribution in [-0.2, 0) is 4.79 Å². The molecular formula is C19H21N3O. The molecule has 0 saturated heterocycles. The molecule has 2 atom stereocenters. The first-order chi connectivity index (χ1) is 11.2. The van der Waals surface area contributed by atoms with Gasteiger partial charge in [0.2, 0.25) is 0 Å².